The number of para-hydroxylation sites is 1. The molecule has 1 aromatic rings. The van der Waals surface area contributed by atoms with Crippen molar-refractivity contribution in [3.8, 4) is 11.5 Å². The Balaban J connectivity index is 2.56. The molecular weight excluding hydrogens is 378 g/mol. The summed E-state index contributed by atoms with van der Waals surface area (Å²) in [6.45, 7) is 8.24. The summed E-state index contributed by atoms with van der Waals surface area (Å²) in [5.74, 6) is -2.03. The molecule has 0 unspecified atom stereocenters. The van der Waals surface area contributed by atoms with Gasteiger partial charge in [0.25, 0.3) is 5.91 Å². The van der Waals surface area contributed by atoms with Crippen LogP contribution in [0.2, 0.25) is 0 Å². The average molecular weight is 407 g/mol. The Kier molecular flexibility index (Phi) is 9.31. The first-order valence-corrected chi connectivity index (χ1v) is 9.49. The summed E-state index contributed by atoms with van der Waals surface area (Å²) in [5.41, 5.74) is -0.404. The van der Waals surface area contributed by atoms with E-state index in [1.165, 1.54) is 32.0 Å². The van der Waals surface area contributed by atoms with Crippen LogP contribution in [0.1, 0.15) is 70.7 Å². The molecule has 1 aromatic carbocycles. The van der Waals surface area contributed by atoms with Gasteiger partial charge in [-0.2, -0.15) is 0 Å². The number of hydrogen-bond acceptors (Lipinski definition) is 7. The lowest BCUT2D eigenvalue weighted by molar-refractivity contribution is -0.155. The van der Waals surface area contributed by atoms with E-state index in [0.29, 0.717) is 25.8 Å². The van der Waals surface area contributed by atoms with Crippen molar-refractivity contribution in [2.24, 2.45) is 0 Å². The summed E-state index contributed by atoms with van der Waals surface area (Å²) in [6, 6.07) is 4.44. The zero-order valence-corrected chi connectivity index (χ0v) is 17.6. The molecule has 0 spiro atoms. The summed E-state index contributed by atoms with van der Waals surface area (Å²) >= 11 is 0. The van der Waals surface area contributed by atoms with Gasteiger partial charge < -0.3 is 19.5 Å². The fourth-order valence-electron chi connectivity index (χ4n) is 2.44. The third-order valence-electron chi connectivity index (χ3n) is 3.49. The summed E-state index contributed by atoms with van der Waals surface area (Å²) < 4.78 is 15.3. The van der Waals surface area contributed by atoms with Crippen LogP contribution in [0.4, 0.5) is 0 Å². The second-order valence-corrected chi connectivity index (χ2v) is 7.47. The highest BCUT2D eigenvalue weighted by Crippen LogP contribution is 2.31. The molecule has 0 saturated carbocycles. The maximum atomic E-state index is 12.5. The zero-order valence-electron chi connectivity index (χ0n) is 17.6. The summed E-state index contributed by atoms with van der Waals surface area (Å²) in [5, 5.41) is 2.73. The third-order valence-corrected chi connectivity index (χ3v) is 3.49. The maximum Gasteiger partial charge on any atom is 0.308 e. The Morgan fingerprint density at radius 1 is 0.931 bits per heavy atom. The summed E-state index contributed by atoms with van der Waals surface area (Å²) in [6.07, 6.45) is 2.39. The monoisotopic (exact) mass is 407 g/mol. The number of nitrogens with one attached hydrogen (secondary N) is 1. The van der Waals surface area contributed by atoms with Crippen LogP contribution in [0.3, 0.4) is 0 Å². The Labute approximate surface area is 170 Å². The summed E-state index contributed by atoms with van der Waals surface area (Å²) in [4.78, 5) is 46.7. The van der Waals surface area contributed by atoms with Gasteiger partial charge in [-0.25, -0.2) is 0 Å². The number of amides is 1. The van der Waals surface area contributed by atoms with Gasteiger partial charge in [0, 0.05) is 26.8 Å². The van der Waals surface area contributed by atoms with E-state index in [1.807, 2.05) is 20.8 Å². The SMILES string of the molecule is CC(=O)Oc1cccc(C(=O)NCCCCCC(=O)OC(C)(C)C)c1OC(C)=O. The molecule has 8 nitrogen and oxygen atoms in total. The molecule has 160 valence electrons. The molecule has 0 aliphatic heterocycles. The summed E-state index contributed by atoms with van der Waals surface area (Å²) in [7, 11) is 0. The normalized spacial score (nSPS) is 10.8. The van der Waals surface area contributed by atoms with E-state index in [0.717, 1.165) is 6.42 Å². The minimum atomic E-state index is -0.638. The minimum absolute atomic E-state index is 0.00212. The van der Waals surface area contributed by atoms with Gasteiger partial charge in [0.05, 0.1) is 5.56 Å². The van der Waals surface area contributed by atoms with Crippen molar-refractivity contribution in [3.05, 3.63) is 23.8 Å². The number of rotatable bonds is 9. The van der Waals surface area contributed by atoms with Crippen LogP contribution in [0, 0.1) is 0 Å². The van der Waals surface area contributed by atoms with Crippen LogP contribution in [-0.4, -0.2) is 36.0 Å². The van der Waals surface area contributed by atoms with E-state index in [4.69, 9.17) is 14.2 Å². The Bertz CT molecular complexity index is 750. The van der Waals surface area contributed by atoms with Crippen molar-refractivity contribution in [1.29, 1.82) is 0 Å². The lowest BCUT2D eigenvalue weighted by Gasteiger charge is -2.19. The second kappa shape index (κ2) is 11.2. The number of carbonyl (C=O) groups is 4. The molecule has 1 N–H and O–H groups in total. The number of benzene rings is 1. The fourth-order valence-corrected chi connectivity index (χ4v) is 2.44. The molecule has 0 radical (unpaired) electrons. The molecular formula is C21H29NO7. The van der Waals surface area contributed by atoms with Crippen LogP contribution in [0.25, 0.3) is 0 Å². The largest absolute Gasteiger partial charge is 0.460 e. The van der Waals surface area contributed by atoms with E-state index in [1.54, 1.807) is 0 Å². The van der Waals surface area contributed by atoms with Gasteiger partial charge in [-0.05, 0) is 45.7 Å². The molecule has 29 heavy (non-hydrogen) atoms. The molecule has 0 fully saturated rings. The highest BCUT2D eigenvalue weighted by Gasteiger charge is 2.20. The zero-order chi connectivity index (χ0) is 22.0. The molecule has 0 bridgehead atoms. The van der Waals surface area contributed by atoms with Gasteiger partial charge in [0.2, 0.25) is 0 Å². The fraction of sp³-hybridized carbons (Fsp3) is 0.524. The van der Waals surface area contributed by atoms with E-state index in [9.17, 15) is 19.2 Å². The van der Waals surface area contributed by atoms with Crippen molar-refractivity contribution in [2.45, 2.75) is 65.9 Å². The lowest BCUT2D eigenvalue weighted by Crippen LogP contribution is -2.26. The smallest absolute Gasteiger partial charge is 0.308 e. The van der Waals surface area contributed by atoms with E-state index >= 15 is 0 Å². The van der Waals surface area contributed by atoms with Crippen LogP contribution in [0.15, 0.2) is 18.2 Å². The molecule has 0 atom stereocenters. The Morgan fingerprint density at radius 3 is 2.17 bits per heavy atom. The van der Waals surface area contributed by atoms with Crippen LogP contribution >= 0.6 is 0 Å². The predicted molar refractivity (Wildman–Crippen MR) is 106 cm³/mol. The predicted octanol–water partition coefficient (Wildman–Crippen LogP) is 3.17. The number of carbonyl (C=O) groups excluding carboxylic acids is 4. The highest BCUT2D eigenvalue weighted by atomic mass is 16.6. The van der Waals surface area contributed by atoms with E-state index in [-0.39, 0.29) is 23.0 Å². The first-order valence-electron chi connectivity index (χ1n) is 9.49. The lowest BCUT2D eigenvalue weighted by atomic mass is 10.1. The van der Waals surface area contributed by atoms with Gasteiger partial charge in [-0.3, -0.25) is 19.2 Å². The van der Waals surface area contributed by atoms with Gasteiger partial charge in [0.15, 0.2) is 11.5 Å². The molecule has 0 aliphatic rings. The topological polar surface area (TPSA) is 108 Å². The first kappa shape index (κ1) is 24.1. The number of ether oxygens (including phenoxy) is 3. The Morgan fingerprint density at radius 2 is 1.59 bits per heavy atom. The molecule has 0 saturated heterocycles. The minimum Gasteiger partial charge on any atom is -0.460 e. The van der Waals surface area contributed by atoms with E-state index < -0.39 is 23.4 Å². The van der Waals surface area contributed by atoms with Gasteiger partial charge in [0.1, 0.15) is 5.60 Å². The van der Waals surface area contributed by atoms with Crippen molar-refractivity contribution in [2.75, 3.05) is 6.54 Å². The number of esters is 3. The van der Waals surface area contributed by atoms with Crippen LogP contribution in [0.5, 0.6) is 11.5 Å². The van der Waals surface area contributed by atoms with Crippen molar-refractivity contribution in [1.82, 2.24) is 5.32 Å². The van der Waals surface area contributed by atoms with Crippen molar-refractivity contribution >= 4 is 23.8 Å². The van der Waals surface area contributed by atoms with Gasteiger partial charge >= 0.3 is 17.9 Å². The third kappa shape index (κ3) is 9.73. The standard InChI is InChI=1S/C21H29NO7/c1-14(23)27-17-11-9-10-16(19(17)28-15(2)24)20(26)22-13-8-6-7-12-18(25)29-21(3,4)5/h9-11H,6-8,12-13H2,1-5H3,(H,22,26). The second-order valence-electron chi connectivity index (χ2n) is 7.47. The number of unbranched alkanes of at least 4 members (excludes halogenated alkanes) is 2. The van der Waals surface area contributed by atoms with Crippen LogP contribution in [-0.2, 0) is 19.1 Å². The number of hydrogen-bond donors (Lipinski definition) is 1. The van der Waals surface area contributed by atoms with Gasteiger partial charge in [-0.1, -0.05) is 12.5 Å². The van der Waals surface area contributed by atoms with Crippen LogP contribution < -0.4 is 14.8 Å². The average Bonchev–Trinajstić information content (AvgIpc) is 2.56. The van der Waals surface area contributed by atoms with Crippen molar-refractivity contribution in [3.63, 3.8) is 0 Å². The highest BCUT2D eigenvalue weighted by molar-refractivity contribution is 5.98. The Hall–Kier alpha value is -2.90. The molecule has 0 heterocycles. The van der Waals surface area contributed by atoms with Crippen molar-refractivity contribution < 1.29 is 33.4 Å². The first-order chi connectivity index (χ1) is 13.5. The van der Waals surface area contributed by atoms with Gasteiger partial charge in [-0.15, -0.1) is 0 Å². The molecule has 1 amide bonds. The molecule has 8 heteroatoms. The molecule has 0 aliphatic carbocycles. The maximum absolute atomic E-state index is 12.5. The van der Waals surface area contributed by atoms with E-state index in [2.05, 4.69) is 5.32 Å². The molecule has 1 rings (SSSR count). The quantitative estimate of drug-likeness (QED) is 0.380. The molecule has 0 aromatic heterocycles.